The maximum Gasteiger partial charge on any atom is 0.237 e. The van der Waals surface area contributed by atoms with E-state index in [9.17, 15) is 9.90 Å². The van der Waals surface area contributed by atoms with Crippen LogP contribution in [-0.4, -0.2) is 35.0 Å². The van der Waals surface area contributed by atoms with Crippen LogP contribution in [0.4, 0.5) is 0 Å². The topological polar surface area (TPSA) is 52.6 Å². The summed E-state index contributed by atoms with van der Waals surface area (Å²) >= 11 is 0. The van der Waals surface area contributed by atoms with Crippen molar-refractivity contribution in [2.24, 2.45) is 5.92 Å². The second-order valence-corrected chi connectivity index (χ2v) is 8.00. The van der Waals surface area contributed by atoms with Crippen LogP contribution in [0.15, 0.2) is 54.6 Å². The van der Waals surface area contributed by atoms with Gasteiger partial charge in [-0.3, -0.25) is 9.69 Å². The highest BCUT2D eigenvalue weighted by Crippen LogP contribution is 2.24. The first-order chi connectivity index (χ1) is 13.5. The van der Waals surface area contributed by atoms with Crippen LogP contribution >= 0.6 is 0 Å². The molecule has 1 heterocycles. The zero-order chi connectivity index (χ0) is 19.9. The predicted molar refractivity (Wildman–Crippen MR) is 113 cm³/mol. The molecule has 1 saturated heterocycles. The van der Waals surface area contributed by atoms with Gasteiger partial charge in [-0.2, -0.15) is 0 Å². The zero-order valence-electron chi connectivity index (χ0n) is 17.0. The van der Waals surface area contributed by atoms with Gasteiger partial charge in [-0.1, -0.05) is 42.5 Å². The number of benzene rings is 2. The van der Waals surface area contributed by atoms with Crippen LogP contribution in [-0.2, 0) is 11.2 Å². The lowest BCUT2D eigenvalue weighted by Crippen LogP contribution is -2.48. The Bertz CT molecular complexity index is 737. The molecule has 2 aromatic rings. The number of hydrogen-bond donors (Lipinski definition) is 2. The van der Waals surface area contributed by atoms with E-state index in [1.807, 2.05) is 44.2 Å². The minimum absolute atomic E-state index is 0.0269. The molecular weight excluding hydrogens is 348 g/mol. The standard InChI is InChI=1S/C24H32N2O2/c1-18(22-6-4-3-5-7-22)25-24(28)19(2)26-16-14-21(15-17-26)9-8-20-10-12-23(27)13-11-20/h3-7,10-13,18-19,21,27H,8-9,14-17H2,1-2H3,(H,25,28)/t18-,19-/m0/s1. The minimum atomic E-state index is -0.0933. The number of piperidine rings is 1. The van der Waals surface area contributed by atoms with Crippen molar-refractivity contribution in [3.8, 4) is 5.75 Å². The lowest BCUT2D eigenvalue weighted by atomic mass is 9.90. The molecule has 28 heavy (non-hydrogen) atoms. The van der Waals surface area contributed by atoms with Gasteiger partial charge in [-0.15, -0.1) is 0 Å². The van der Waals surface area contributed by atoms with Crippen molar-refractivity contribution < 1.29 is 9.90 Å². The largest absolute Gasteiger partial charge is 0.508 e. The number of amides is 1. The number of aryl methyl sites for hydroxylation is 1. The monoisotopic (exact) mass is 380 g/mol. The van der Waals surface area contributed by atoms with E-state index < -0.39 is 0 Å². The summed E-state index contributed by atoms with van der Waals surface area (Å²) < 4.78 is 0. The number of likely N-dealkylation sites (tertiary alicyclic amines) is 1. The third-order valence-electron chi connectivity index (χ3n) is 6.01. The van der Waals surface area contributed by atoms with Gasteiger partial charge in [0.1, 0.15) is 5.75 Å². The molecule has 1 fully saturated rings. The molecule has 2 N–H and O–H groups in total. The summed E-state index contributed by atoms with van der Waals surface area (Å²) in [6, 6.07) is 17.6. The number of nitrogens with one attached hydrogen (secondary N) is 1. The maximum atomic E-state index is 12.7. The molecule has 1 amide bonds. The molecule has 0 saturated carbocycles. The number of carbonyl (C=O) groups is 1. The SMILES string of the molecule is C[C@H](NC(=O)[C@H](C)N1CCC(CCc2ccc(O)cc2)CC1)c1ccccc1. The third-order valence-corrected chi connectivity index (χ3v) is 6.01. The third kappa shape index (κ3) is 5.59. The molecule has 2 atom stereocenters. The molecule has 0 radical (unpaired) electrons. The van der Waals surface area contributed by atoms with Crippen LogP contribution in [0.1, 0.15) is 50.3 Å². The molecule has 1 aliphatic rings. The molecule has 1 aliphatic heterocycles. The lowest BCUT2D eigenvalue weighted by Gasteiger charge is -2.35. The van der Waals surface area contributed by atoms with Crippen LogP contribution in [0.25, 0.3) is 0 Å². The fourth-order valence-corrected chi connectivity index (χ4v) is 3.99. The Morgan fingerprint density at radius 2 is 1.71 bits per heavy atom. The van der Waals surface area contributed by atoms with Crippen LogP contribution < -0.4 is 5.32 Å². The van der Waals surface area contributed by atoms with Gasteiger partial charge in [-0.05, 0) is 81.8 Å². The Kier molecular flexibility index (Phi) is 7.10. The number of carbonyl (C=O) groups excluding carboxylic acids is 1. The first-order valence-electron chi connectivity index (χ1n) is 10.4. The quantitative estimate of drug-likeness (QED) is 0.753. The normalized spacial score (nSPS) is 17.8. The van der Waals surface area contributed by atoms with Crippen LogP contribution in [0, 0.1) is 5.92 Å². The molecule has 0 aliphatic carbocycles. The van der Waals surface area contributed by atoms with E-state index in [-0.39, 0.29) is 18.0 Å². The molecule has 150 valence electrons. The van der Waals surface area contributed by atoms with Crippen molar-refractivity contribution in [3.63, 3.8) is 0 Å². The van der Waals surface area contributed by atoms with Crippen LogP contribution in [0.5, 0.6) is 5.75 Å². The molecule has 0 bridgehead atoms. The highest BCUT2D eigenvalue weighted by atomic mass is 16.3. The van der Waals surface area contributed by atoms with Gasteiger partial charge in [0.25, 0.3) is 0 Å². The van der Waals surface area contributed by atoms with E-state index >= 15 is 0 Å². The Morgan fingerprint density at radius 1 is 1.07 bits per heavy atom. The van der Waals surface area contributed by atoms with Crippen molar-refractivity contribution >= 4 is 5.91 Å². The highest BCUT2D eigenvalue weighted by molar-refractivity contribution is 5.81. The van der Waals surface area contributed by atoms with Gasteiger partial charge in [-0.25, -0.2) is 0 Å². The molecule has 0 aromatic heterocycles. The number of aromatic hydroxyl groups is 1. The second kappa shape index (κ2) is 9.74. The van der Waals surface area contributed by atoms with Gasteiger partial charge in [0, 0.05) is 0 Å². The maximum absolute atomic E-state index is 12.7. The second-order valence-electron chi connectivity index (χ2n) is 8.00. The van der Waals surface area contributed by atoms with E-state index in [1.165, 1.54) is 12.0 Å². The van der Waals surface area contributed by atoms with Crippen molar-refractivity contribution in [1.82, 2.24) is 10.2 Å². The molecule has 0 spiro atoms. The lowest BCUT2D eigenvalue weighted by molar-refractivity contribution is -0.127. The molecule has 0 unspecified atom stereocenters. The highest BCUT2D eigenvalue weighted by Gasteiger charge is 2.27. The van der Waals surface area contributed by atoms with Crippen molar-refractivity contribution in [3.05, 3.63) is 65.7 Å². The summed E-state index contributed by atoms with van der Waals surface area (Å²) in [4.78, 5) is 15.0. The molecule has 4 heteroatoms. The van der Waals surface area contributed by atoms with Crippen LogP contribution in [0.3, 0.4) is 0 Å². The van der Waals surface area contributed by atoms with Crippen molar-refractivity contribution in [1.29, 1.82) is 0 Å². The van der Waals surface area contributed by atoms with E-state index in [4.69, 9.17) is 0 Å². The van der Waals surface area contributed by atoms with Gasteiger partial charge in [0.15, 0.2) is 0 Å². The first kappa shape index (κ1) is 20.4. The van der Waals surface area contributed by atoms with Crippen molar-refractivity contribution in [2.45, 2.75) is 51.6 Å². The van der Waals surface area contributed by atoms with E-state index in [0.717, 1.165) is 37.9 Å². The summed E-state index contributed by atoms with van der Waals surface area (Å²) in [5.41, 5.74) is 2.42. The summed E-state index contributed by atoms with van der Waals surface area (Å²) in [6.07, 6.45) is 4.51. The van der Waals surface area contributed by atoms with Gasteiger partial charge in [0.2, 0.25) is 5.91 Å². The van der Waals surface area contributed by atoms with Gasteiger partial charge >= 0.3 is 0 Å². The molecule has 4 nitrogen and oxygen atoms in total. The predicted octanol–water partition coefficient (Wildman–Crippen LogP) is 4.30. The number of rotatable bonds is 7. The van der Waals surface area contributed by atoms with Crippen LogP contribution in [0.2, 0.25) is 0 Å². The Morgan fingerprint density at radius 3 is 2.36 bits per heavy atom. The Labute approximate surface area is 168 Å². The number of hydrogen-bond acceptors (Lipinski definition) is 3. The fourth-order valence-electron chi connectivity index (χ4n) is 3.99. The van der Waals surface area contributed by atoms with Gasteiger partial charge in [0.05, 0.1) is 12.1 Å². The molecular formula is C24H32N2O2. The Hall–Kier alpha value is -2.33. The number of phenolic OH excluding ortho intramolecular Hbond substituents is 1. The van der Waals surface area contributed by atoms with E-state index in [1.54, 1.807) is 12.1 Å². The van der Waals surface area contributed by atoms with Gasteiger partial charge < -0.3 is 10.4 Å². The fraction of sp³-hybridized carbons (Fsp3) is 0.458. The summed E-state index contributed by atoms with van der Waals surface area (Å²) in [5, 5.41) is 12.5. The first-order valence-corrected chi connectivity index (χ1v) is 10.4. The zero-order valence-corrected chi connectivity index (χ0v) is 17.0. The Balaban J connectivity index is 1.42. The van der Waals surface area contributed by atoms with Crippen molar-refractivity contribution in [2.75, 3.05) is 13.1 Å². The van der Waals surface area contributed by atoms with E-state index in [0.29, 0.717) is 11.7 Å². The average Bonchev–Trinajstić information content (AvgIpc) is 2.73. The molecule has 3 rings (SSSR count). The summed E-state index contributed by atoms with van der Waals surface area (Å²) in [5.74, 6) is 1.15. The molecule has 2 aromatic carbocycles. The average molecular weight is 381 g/mol. The smallest absolute Gasteiger partial charge is 0.237 e. The summed E-state index contributed by atoms with van der Waals surface area (Å²) in [6.45, 7) is 6.02. The number of phenols is 1. The summed E-state index contributed by atoms with van der Waals surface area (Å²) in [7, 11) is 0. The number of nitrogens with zero attached hydrogens (tertiary/aromatic N) is 1. The minimum Gasteiger partial charge on any atom is -0.508 e. The van der Waals surface area contributed by atoms with E-state index in [2.05, 4.69) is 22.3 Å².